The molecule has 0 amide bonds. The van der Waals surface area contributed by atoms with Crippen LogP contribution >= 0.6 is 0 Å². The Hall–Kier alpha value is -0.0800. The third kappa shape index (κ3) is 7.77. The molecule has 0 aromatic heterocycles. The van der Waals surface area contributed by atoms with Crippen molar-refractivity contribution in [3.05, 3.63) is 0 Å². The molecule has 0 aliphatic carbocycles. The standard InChI is InChI=1S/C15H34N2/c1-7-13(4)15(6)16-14(5)11-10-12-17(8-2)9-3/h13-16H,7-12H2,1-6H3. The van der Waals surface area contributed by atoms with Crippen LogP contribution in [0.25, 0.3) is 0 Å². The van der Waals surface area contributed by atoms with Crippen LogP contribution in [0.5, 0.6) is 0 Å². The molecule has 0 bridgehead atoms. The van der Waals surface area contributed by atoms with Gasteiger partial charge in [0.2, 0.25) is 0 Å². The average molecular weight is 242 g/mol. The first-order chi connectivity index (χ1) is 8.04. The lowest BCUT2D eigenvalue weighted by Crippen LogP contribution is -2.38. The quantitative estimate of drug-likeness (QED) is 0.630. The van der Waals surface area contributed by atoms with Crippen molar-refractivity contribution in [3.63, 3.8) is 0 Å². The predicted octanol–water partition coefficient (Wildman–Crippen LogP) is 3.52. The Labute approximate surface area is 109 Å². The molecule has 0 spiro atoms. The first-order valence-corrected chi connectivity index (χ1v) is 7.53. The normalized spacial score (nSPS) is 17.1. The van der Waals surface area contributed by atoms with Crippen molar-refractivity contribution in [3.8, 4) is 0 Å². The number of nitrogens with one attached hydrogen (secondary N) is 1. The average Bonchev–Trinajstić information content (AvgIpc) is 2.33. The van der Waals surface area contributed by atoms with E-state index in [0.717, 1.165) is 5.92 Å². The van der Waals surface area contributed by atoms with Crippen molar-refractivity contribution in [2.45, 2.75) is 72.9 Å². The van der Waals surface area contributed by atoms with E-state index in [1.165, 1.54) is 38.9 Å². The predicted molar refractivity (Wildman–Crippen MR) is 78.5 cm³/mol. The third-order valence-corrected chi connectivity index (χ3v) is 4.05. The van der Waals surface area contributed by atoms with E-state index in [0.29, 0.717) is 12.1 Å². The minimum absolute atomic E-state index is 0.642. The highest BCUT2D eigenvalue weighted by Gasteiger charge is 2.12. The molecule has 0 heterocycles. The van der Waals surface area contributed by atoms with Crippen LogP contribution < -0.4 is 5.32 Å². The molecule has 2 heteroatoms. The first-order valence-electron chi connectivity index (χ1n) is 7.53. The highest BCUT2D eigenvalue weighted by molar-refractivity contribution is 4.72. The summed E-state index contributed by atoms with van der Waals surface area (Å²) in [5, 5.41) is 3.72. The monoisotopic (exact) mass is 242 g/mol. The second-order valence-corrected chi connectivity index (χ2v) is 5.41. The minimum Gasteiger partial charge on any atom is -0.312 e. The molecule has 0 saturated heterocycles. The summed E-state index contributed by atoms with van der Waals surface area (Å²) in [6.07, 6.45) is 3.86. The van der Waals surface area contributed by atoms with Gasteiger partial charge < -0.3 is 10.2 Å². The van der Waals surface area contributed by atoms with Crippen LogP contribution in [0.3, 0.4) is 0 Å². The largest absolute Gasteiger partial charge is 0.312 e. The lowest BCUT2D eigenvalue weighted by atomic mass is 9.99. The van der Waals surface area contributed by atoms with Gasteiger partial charge in [0.25, 0.3) is 0 Å². The van der Waals surface area contributed by atoms with Crippen LogP contribution in [-0.2, 0) is 0 Å². The molecule has 0 saturated carbocycles. The second-order valence-electron chi connectivity index (χ2n) is 5.41. The van der Waals surface area contributed by atoms with Crippen LogP contribution in [0.4, 0.5) is 0 Å². The number of hydrogen-bond acceptors (Lipinski definition) is 2. The SMILES string of the molecule is CCC(C)C(C)NC(C)CCCN(CC)CC. The topological polar surface area (TPSA) is 15.3 Å². The van der Waals surface area contributed by atoms with Crippen LogP contribution in [0.1, 0.15) is 60.8 Å². The van der Waals surface area contributed by atoms with E-state index in [1.807, 2.05) is 0 Å². The van der Waals surface area contributed by atoms with E-state index >= 15 is 0 Å². The molecule has 0 rings (SSSR count). The van der Waals surface area contributed by atoms with E-state index in [-0.39, 0.29) is 0 Å². The van der Waals surface area contributed by atoms with Gasteiger partial charge in [0, 0.05) is 12.1 Å². The molecule has 3 unspecified atom stereocenters. The summed E-state index contributed by atoms with van der Waals surface area (Å²) < 4.78 is 0. The lowest BCUT2D eigenvalue weighted by Gasteiger charge is -2.25. The summed E-state index contributed by atoms with van der Waals surface area (Å²) in [6, 6.07) is 1.29. The van der Waals surface area contributed by atoms with Gasteiger partial charge in [-0.3, -0.25) is 0 Å². The maximum absolute atomic E-state index is 3.72. The van der Waals surface area contributed by atoms with E-state index in [1.54, 1.807) is 0 Å². The number of hydrogen-bond donors (Lipinski definition) is 1. The van der Waals surface area contributed by atoms with Crippen molar-refractivity contribution in [2.75, 3.05) is 19.6 Å². The Morgan fingerprint density at radius 2 is 1.59 bits per heavy atom. The van der Waals surface area contributed by atoms with E-state index in [2.05, 4.69) is 51.8 Å². The Kier molecular flexibility index (Phi) is 9.85. The zero-order chi connectivity index (χ0) is 13.3. The van der Waals surface area contributed by atoms with E-state index in [9.17, 15) is 0 Å². The smallest absolute Gasteiger partial charge is 0.00667 e. The Balaban J connectivity index is 3.68. The van der Waals surface area contributed by atoms with Crippen LogP contribution in [0.15, 0.2) is 0 Å². The summed E-state index contributed by atoms with van der Waals surface area (Å²) in [5.41, 5.74) is 0. The molecule has 0 aromatic carbocycles. The van der Waals surface area contributed by atoms with Crippen molar-refractivity contribution in [1.82, 2.24) is 10.2 Å². The summed E-state index contributed by atoms with van der Waals surface area (Å²) in [5.74, 6) is 0.778. The van der Waals surface area contributed by atoms with Crippen molar-refractivity contribution >= 4 is 0 Å². The Bertz CT molecular complexity index is 166. The maximum atomic E-state index is 3.72. The molecule has 1 N–H and O–H groups in total. The molecule has 0 aliphatic heterocycles. The molecule has 0 fully saturated rings. The molecule has 3 atom stereocenters. The summed E-state index contributed by atoms with van der Waals surface area (Å²) >= 11 is 0. The van der Waals surface area contributed by atoms with Crippen LogP contribution in [0, 0.1) is 5.92 Å². The van der Waals surface area contributed by atoms with Crippen molar-refractivity contribution in [2.24, 2.45) is 5.92 Å². The lowest BCUT2D eigenvalue weighted by molar-refractivity contribution is 0.282. The van der Waals surface area contributed by atoms with Gasteiger partial charge in [-0.1, -0.05) is 34.1 Å². The highest BCUT2D eigenvalue weighted by Crippen LogP contribution is 2.09. The van der Waals surface area contributed by atoms with Gasteiger partial charge in [0.1, 0.15) is 0 Å². The third-order valence-electron chi connectivity index (χ3n) is 4.05. The molecular formula is C15H34N2. The Morgan fingerprint density at radius 1 is 1.00 bits per heavy atom. The van der Waals surface area contributed by atoms with Crippen molar-refractivity contribution in [1.29, 1.82) is 0 Å². The second kappa shape index (κ2) is 9.90. The fourth-order valence-corrected chi connectivity index (χ4v) is 2.21. The highest BCUT2D eigenvalue weighted by atomic mass is 15.1. The fourth-order valence-electron chi connectivity index (χ4n) is 2.21. The van der Waals surface area contributed by atoms with Gasteiger partial charge in [-0.2, -0.15) is 0 Å². The zero-order valence-corrected chi connectivity index (χ0v) is 12.9. The molecule has 17 heavy (non-hydrogen) atoms. The fraction of sp³-hybridized carbons (Fsp3) is 1.00. The van der Waals surface area contributed by atoms with Crippen molar-refractivity contribution < 1.29 is 0 Å². The van der Waals surface area contributed by atoms with Gasteiger partial charge >= 0.3 is 0 Å². The first kappa shape index (κ1) is 16.9. The number of nitrogens with zero attached hydrogens (tertiary/aromatic N) is 1. The van der Waals surface area contributed by atoms with Gasteiger partial charge in [0.05, 0.1) is 0 Å². The number of rotatable bonds is 10. The summed E-state index contributed by atoms with van der Waals surface area (Å²) in [7, 11) is 0. The van der Waals surface area contributed by atoms with Crippen LogP contribution in [0.2, 0.25) is 0 Å². The van der Waals surface area contributed by atoms with Gasteiger partial charge in [-0.05, 0) is 52.2 Å². The zero-order valence-electron chi connectivity index (χ0n) is 12.9. The molecule has 104 valence electrons. The van der Waals surface area contributed by atoms with Crippen LogP contribution in [-0.4, -0.2) is 36.6 Å². The van der Waals surface area contributed by atoms with E-state index in [4.69, 9.17) is 0 Å². The van der Waals surface area contributed by atoms with E-state index < -0.39 is 0 Å². The van der Waals surface area contributed by atoms with Gasteiger partial charge in [-0.25, -0.2) is 0 Å². The molecule has 0 radical (unpaired) electrons. The van der Waals surface area contributed by atoms with Gasteiger partial charge in [0.15, 0.2) is 0 Å². The molecular weight excluding hydrogens is 208 g/mol. The summed E-state index contributed by atoms with van der Waals surface area (Å²) in [6.45, 7) is 17.3. The molecule has 2 nitrogen and oxygen atoms in total. The minimum atomic E-state index is 0.642. The van der Waals surface area contributed by atoms with Gasteiger partial charge in [-0.15, -0.1) is 0 Å². The Morgan fingerprint density at radius 3 is 2.06 bits per heavy atom. The summed E-state index contributed by atoms with van der Waals surface area (Å²) in [4.78, 5) is 2.50. The molecule has 0 aliphatic rings. The maximum Gasteiger partial charge on any atom is 0.00667 e. The molecule has 0 aromatic rings.